The number of nitrogens with two attached hydrogens (primary N) is 4. The Balaban J connectivity index is -0.00000000612. The standard InChI is InChI=1S/2C3H8.4CH5N.CH4.B2.2B/c2*1-3-2;4*1-2;;1-2;;/h2*3H2,1-2H3;4*2H2,1H3;1H4;;;. The Labute approximate surface area is 132 Å². The smallest absolute Gasteiger partial charge is 0 e. The molecule has 0 aliphatic heterocycles. The van der Waals surface area contributed by atoms with Crippen LogP contribution in [0.1, 0.15) is 48.0 Å². The lowest BCUT2D eigenvalue weighted by molar-refractivity contribution is 1.09. The van der Waals surface area contributed by atoms with Crippen LogP contribution in [0, 0.1) is 0 Å². The van der Waals surface area contributed by atoms with E-state index in [1.54, 1.807) is 0 Å². The fourth-order valence-electron chi connectivity index (χ4n) is 0. The van der Waals surface area contributed by atoms with Crippen LogP contribution in [-0.4, -0.2) is 60.5 Å². The topological polar surface area (TPSA) is 104 Å². The zero-order valence-electron chi connectivity index (χ0n) is 14.0. The van der Waals surface area contributed by atoms with Gasteiger partial charge in [-0.25, -0.2) is 0 Å². The predicted octanol–water partition coefficient (Wildman–Crippen LogP) is 0.245. The van der Waals surface area contributed by atoms with E-state index in [2.05, 4.69) is 66.1 Å². The second-order valence-electron chi connectivity index (χ2n) is 1.41. The van der Waals surface area contributed by atoms with Crippen molar-refractivity contribution in [1.82, 2.24) is 0 Å². The highest BCUT2D eigenvalue weighted by molar-refractivity contribution is 6.75. The molecule has 0 aromatic heterocycles. The van der Waals surface area contributed by atoms with Crippen molar-refractivity contribution in [3.05, 3.63) is 0 Å². The van der Waals surface area contributed by atoms with Crippen LogP contribution in [0.4, 0.5) is 0 Å². The highest BCUT2D eigenvalue weighted by Crippen LogP contribution is 1.56. The third kappa shape index (κ3) is 472000. The molecule has 0 saturated heterocycles. The third-order valence-corrected chi connectivity index (χ3v) is 0. The second-order valence-corrected chi connectivity index (χ2v) is 1.41. The summed E-state index contributed by atoms with van der Waals surface area (Å²) in [6, 6.07) is 0. The fourth-order valence-corrected chi connectivity index (χ4v) is 0. The van der Waals surface area contributed by atoms with Gasteiger partial charge in [0.15, 0.2) is 0 Å². The van der Waals surface area contributed by atoms with Gasteiger partial charge < -0.3 is 22.9 Å². The third-order valence-electron chi connectivity index (χ3n) is 0. The van der Waals surface area contributed by atoms with Crippen molar-refractivity contribution in [2.24, 2.45) is 22.9 Å². The molecule has 0 aliphatic carbocycles. The van der Waals surface area contributed by atoms with E-state index < -0.39 is 0 Å². The van der Waals surface area contributed by atoms with Gasteiger partial charge in [0.1, 0.15) is 0 Å². The van der Waals surface area contributed by atoms with Crippen molar-refractivity contribution in [1.29, 1.82) is 0 Å². The van der Waals surface area contributed by atoms with Gasteiger partial charge in [-0.05, 0) is 28.2 Å². The molecule has 10 radical (unpaired) electrons. The maximum atomic E-state index is 4.50. The predicted molar refractivity (Wildman–Crippen MR) is 102 cm³/mol. The first-order chi connectivity index (χ1) is 7.83. The minimum Gasteiger partial charge on any atom is -0.333 e. The molecule has 0 atom stereocenters. The van der Waals surface area contributed by atoms with E-state index in [1.165, 1.54) is 41.0 Å². The summed E-state index contributed by atoms with van der Waals surface area (Å²) in [4.78, 5) is 0. The summed E-state index contributed by atoms with van der Waals surface area (Å²) in [6.07, 6.45) is 2.50. The Morgan fingerprint density at radius 2 is 0.526 bits per heavy atom. The molecule has 0 aromatic carbocycles. The molecule has 0 bridgehead atoms. The Hall–Kier alpha value is 0.0997. The largest absolute Gasteiger partial charge is 0.333 e. The molecule has 19 heavy (non-hydrogen) atoms. The maximum absolute atomic E-state index is 4.50. The summed E-state index contributed by atoms with van der Waals surface area (Å²) < 4.78 is 0. The van der Waals surface area contributed by atoms with E-state index in [9.17, 15) is 0 Å². The van der Waals surface area contributed by atoms with Crippen LogP contribution >= 0.6 is 0 Å². The van der Waals surface area contributed by atoms with Gasteiger partial charge in [-0.1, -0.05) is 48.0 Å². The summed E-state index contributed by atoms with van der Waals surface area (Å²) in [5.74, 6) is 0. The lowest BCUT2D eigenvalue weighted by Crippen LogP contribution is -1.69. The Kier molecular flexibility index (Phi) is 4770. The Bertz CT molecular complexity index is 28.7. The highest BCUT2D eigenvalue weighted by Gasteiger charge is 1.36. The molecular formula is C11H40B4N4. The van der Waals surface area contributed by atoms with Gasteiger partial charge in [0, 0.05) is 32.3 Å². The summed E-state index contributed by atoms with van der Waals surface area (Å²) >= 11 is 0. The van der Waals surface area contributed by atoms with Crippen LogP contribution < -0.4 is 22.9 Å². The molecule has 0 unspecified atom stereocenters. The van der Waals surface area contributed by atoms with Crippen LogP contribution in [0.25, 0.3) is 0 Å². The summed E-state index contributed by atoms with van der Waals surface area (Å²) in [5.41, 5.74) is 18.0. The van der Waals surface area contributed by atoms with Gasteiger partial charge in [0.05, 0.1) is 0 Å². The lowest BCUT2D eigenvalue weighted by atomic mass is 9.81. The molecule has 4 nitrogen and oxygen atoms in total. The summed E-state index contributed by atoms with van der Waals surface area (Å²) in [5, 5.41) is 0. The van der Waals surface area contributed by atoms with Gasteiger partial charge in [-0.2, -0.15) is 0 Å². The van der Waals surface area contributed by atoms with Crippen molar-refractivity contribution in [3.8, 4) is 0 Å². The fraction of sp³-hybridized carbons (Fsp3) is 1.00. The van der Waals surface area contributed by atoms with Gasteiger partial charge in [-0.15, -0.1) is 0 Å². The summed E-state index contributed by atoms with van der Waals surface area (Å²) in [7, 11) is 14.0. The maximum Gasteiger partial charge on any atom is 0 e. The Morgan fingerprint density at radius 3 is 0.526 bits per heavy atom. The molecule has 0 aliphatic rings. The molecule has 0 spiro atoms. The van der Waals surface area contributed by atoms with Crippen molar-refractivity contribution in [2.75, 3.05) is 28.2 Å². The van der Waals surface area contributed by atoms with E-state index in [4.69, 9.17) is 0 Å². The van der Waals surface area contributed by atoms with Crippen LogP contribution in [0.3, 0.4) is 0 Å². The van der Waals surface area contributed by atoms with Gasteiger partial charge in [0.25, 0.3) is 0 Å². The zero-order chi connectivity index (χ0) is 15.4. The average Bonchev–Trinajstić information content (AvgIpc) is 2.42. The van der Waals surface area contributed by atoms with Crippen molar-refractivity contribution in [3.63, 3.8) is 0 Å². The van der Waals surface area contributed by atoms with Crippen LogP contribution in [0.15, 0.2) is 0 Å². The molecule has 116 valence electrons. The molecule has 0 aromatic rings. The van der Waals surface area contributed by atoms with Crippen LogP contribution in [0.5, 0.6) is 0 Å². The molecule has 0 rings (SSSR count). The van der Waals surface area contributed by atoms with Crippen molar-refractivity contribution in [2.45, 2.75) is 48.0 Å². The monoisotopic (exact) mass is 272 g/mol. The van der Waals surface area contributed by atoms with Gasteiger partial charge in [0.2, 0.25) is 0 Å². The zero-order valence-corrected chi connectivity index (χ0v) is 14.0. The number of rotatable bonds is 0. The molecule has 8 N–H and O–H groups in total. The first kappa shape index (κ1) is 75.6. The molecule has 0 heterocycles. The molecule has 0 amide bonds. The van der Waals surface area contributed by atoms with Crippen LogP contribution in [0.2, 0.25) is 0 Å². The first-order valence-electron chi connectivity index (χ1n) is 5.47. The van der Waals surface area contributed by atoms with Gasteiger partial charge in [-0.3, -0.25) is 0 Å². The normalized spacial score (nSPS) is 3.37. The molecular weight excluding hydrogens is 231 g/mol. The minimum absolute atomic E-state index is 0. The quantitative estimate of drug-likeness (QED) is 0.474. The van der Waals surface area contributed by atoms with E-state index in [-0.39, 0.29) is 24.3 Å². The van der Waals surface area contributed by atoms with Crippen LogP contribution in [-0.2, 0) is 0 Å². The lowest BCUT2D eigenvalue weighted by Gasteiger charge is -1.48. The summed E-state index contributed by atoms with van der Waals surface area (Å²) in [6.45, 7) is 8.50. The van der Waals surface area contributed by atoms with Crippen molar-refractivity contribution < 1.29 is 0 Å². The minimum atomic E-state index is 0. The molecule has 8 heteroatoms. The molecule has 0 fully saturated rings. The highest BCUT2D eigenvalue weighted by atomic mass is 14.4. The van der Waals surface area contributed by atoms with E-state index in [0.29, 0.717) is 0 Å². The number of hydrogen-bond acceptors (Lipinski definition) is 4. The van der Waals surface area contributed by atoms with E-state index >= 15 is 0 Å². The van der Waals surface area contributed by atoms with E-state index in [0.717, 1.165) is 0 Å². The van der Waals surface area contributed by atoms with Crippen molar-refractivity contribution >= 4 is 32.3 Å². The van der Waals surface area contributed by atoms with E-state index in [1.807, 2.05) is 0 Å². The van der Waals surface area contributed by atoms with Gasteiger partial charge >= 0.3 is 0 Å². The Morgan fingerprint density at radius 1 is 0.526 bits per heavy atom. The first-order valence-corrected chi connectivity index (χ1v) is 5.47. The number of hydrogen-bond donors (Lipinski definition) is 4. The SMILES string of the molecule is C.CCC.CCC.CN.CN.CN.CN.[B].[B].[B][B]. The average molecular weight is 272 g/mol. The second kappa shape index (κ2) is 1200. The molecule has 0 saturated carbocycles.